The van der Waals surface area contributed by atoms with Gasteiger partial charge in [0.2, 0.25) is 0 Å². The number of aromatic nitrogens is 3. The van der Waals surface area contributed by atoms with Crippen molar-refractivity contribution >= 4 is 12.2 Å². The van der Waals surface area contributed by atoms with E-state index in [1.165, 1.54) is 37.1 Å². The lowest BCUT2D eigenvalue weighted by molar-refractivity contribution is 0.242. The normalized spacial score (nSPS) is 16.7. The van der Waals surface area contributed by atoms with Gasteiger partial charge in [-0.3, -0.25) is 4.90 Å². The van der Waals surface area contributed by atoms with Crippen molar-refractivity contribution in [3.05, 3.63) is 34.4 Å². The van der Waals surface area contributed by atoms with E-state index in [4.69, 9.17) is 26.8 Å². The van der Waals surface area contributed by atoms with Gasteiger partial charge in [0.05, 0.1) is 20.4 Å². The third kappa shape index (κ3) is 4.04. The first-order chi connectivity index (χ1) is 13.1. The lowest BCUT2D eigenvalue weighted by atomic mass is 10.2. The molecule has 2 saturated carbocycles. The van der Waals surface area contributed by atoms with E-state index in [1.807, 2.05) is 23.7 Å². The Kier molecular flexibility index (Phi) is 5.23. The summed E-state index contributed by atoms with van der Waals surface area (Å²) in [7, 11) is 3.77. The van der Waals surface area contributed by atoms with Crippen LogP contribution in [-0.4, -0.2) is 40.0 Å². The van der Waals surface area contributed by atoms with E-state index >= 15 is 0 Å². The highest BCUT2D eigenvalue weighted by atomic mass is 32.1. The summed E-state index contributed by atoms with van der Waals surface area (Å²) >= 11 is 5.75. The number of hydrogen-bond acceptors (Lipinski definition) is 5. The number of ether oxygens (including phenoxy) is 2. The zero-order chi connectivity index (χ0) is 19.0. The molecule has 1 aromatic carbocycles. The molecule has 0 unspecified atom stereocenters. The standard InChI is InChI=1S/C20H28N4O2S/c1-4-26-17-10-5-14(11-18(17)25-3)12-22(2)13-23-20(27)24(16-8-9-16)19(21-23)15-6-7-15/h5,10-11,15-16H,4,6-9,12-13H2,1-3H3. The van der Waals surface area contributed by atoms with Crippen LogP contribution in [-0.2, 0) is 13.2 Å². The molecule has 0 aliphatic heterocycles. The van der Waals surface area contributed by atoms with Crippen LogP contribution in [0.4, 0.5) is 0 Å². The molecule has 7 heteroatoms. The minimum Gasteiger partial charge on any atom is -0.493 e. The summed E-state index contributed by atoms with van der Waals surface area (Å²) in [5.74, 6) is 3.38. The summed E-state index contributed by atoms with van der Waals surface area (Å²) in [6, 6.07) is 6.69. The maximum atomic E-state index is 5.75. The van der Waals surface area contributed by atoms with Crippen LogP contribution < -0.4 is 9.47 Å². The van der Waals surface area contributed by atoms with Crippen molar-refractivity contribution in [2.45, 2.75) is 57.8 Å². The van der Waals surface area contributed by atoms with Crippen molar-refractivity contribution < 1.29 is 9.47 Å². The molecule has 6 nitrogen and oxygen atoms in total. The van der Waals surface area contributed by atoms with Gasteiger partial charge in [0.15, 0.2) is 16.3 Å². The van der Waals surface area contributed by atoms with E-state index in [0.717, 1.165) is 22.8 Å². The summed E-state index contributed by atoms with van der Waals surface area (Å²) in [5, 5.41) is 4.88. The predicted octanol–water partition coefficient (Wildman–Crippen LogP) is 4.12. The van der Waals surface area contributed by atoms with Gasteiger partial charge in [0.25, 0.3) is 0 Å². The quantitative estimate of drug-likeness (QED) is 0.605. The molecule has 27 heavy (non-hydrogen) atoms. The van der Waals surface area contributed by atoms with Crippen LogP contribution in [0.15, 0.2) is 18.2 Å². The van der Waals surface area contributed by atoms with Gasteiger partial charge in [-0.1, -0.05) is 6.07 Å². The molecule has 2 fully saturated rings. The van der Waals surface area contributed by atoms with Crippen molar-refractivity contribution in [2.24, 2.45) is 0 Å². The van der Waals surface area contributed by atoms with E-state index in [1.54, 1.807) is 7.11 Å². The molecule has 0 bridgehead atoms. The van der Waals surface area contributed by atoms with Crippen LogP contribution >= 0.6 is 12.2 Å². The fourth-order valence-electron chi connectivity index (χ4n) is 3.50. The van der Waals surface area contributed by atoms with E-state index in [9.17, 15) is 0 Å². The third-order valence-electron chi connectivity index (χ3n) is 5.11. The Bertz CT molecular complexity index is 867. The van der Waals surface area contributed by atoms with E-state index in [2.05, 4.69) is 22.6 Å². The van der Waals surface area contributed by atoms with Crippen molar-refractivity contribution in [2.75, 3.05) is 20.8 Å². The number of nitrogens with zero attached hydrogens (tertiary/aromatic N) is 4. The topological polar surface area (TPSA) is 44.5 Å². The Morgan fingerprint density at radius 3 is 2.63 bits per heavy atom. The molecule has 146 valence electrons. The maximum Gasteiger partial charge on any atom is 0.199 e. The number of methoxy groups -OCH3 is 1. The lowest BCUT2D eigenvalue weighted by Gasteiger charge is -2.18. The Morgan fingerprint density at radius 1 is 1.22 bits per heavy atom. The van der Waals surface area contributed by atoms with Crippen LogP contribution in [0, 0.1) is 4.77 Å². The smallest absolute Gasteiger partial charge is 0.199 e. The minimum atomic E-state index is 0.586. The first kappa shape index (κ1) is 18.5. The van der Waals surface area contributed by atoms with Crippen LogP contribution in [0.2, 0.25) is 0 Å². The van der Waals surface area contributed by atoms with Gasteiger partial charge in [-0.2, -0.15) is 5.10 Å². The first-order valence-electron chi connectivity index (χ1n) is 9.78. The fourth-order valence-corrected chi connectivity index (χ4v) is 3.84. The third-order valence-corrected chi connectivity index (χ3v) is 5.51. The molecule has 0 amide bonds. The SMILES string of the molecule is CCOc1ccc(CN(C)Cn2nc(C3CC3)n(C3CC3)c2=S)cc1OC. The number of benzene rings is 1. The molecule has 0 spiro atoms. The monoisotopic (exact) mass is 388 g/mol. The van der Waals surface area contributed by atoms with Crippen LogP contribution in [0.5, 0.6) is 11.5 Å². The molecule has 4 rings (SSSR count). The summed E-state index contributed by atoms with van der Waals surface area (Å²) in [4.78, 5) is 2.23. The van der Waals surface area contributed by atoms with E-state index in [-0.39, 0.29) is 0 Å². The lowest BCUT2D eigenvalue weighted by Crippen LogP contribution is -2.22. The van der Waals surface area contributed by atoms with Gasteiger partial charge >= 0.3 is 0 Å². The molecule has 2 aliphatic rings. The second kappa shape index (κ2) is 7.64. The molecule has 2 aliphatic carbocycles. The Balaban J connectivity index is 1.47. The molecular weight excluding hydrogens is 360 g/mol. The zero-order valence-corrected chi connectivity index (χ0v) is 17.2. The van der Waals surface area contributed by atoms with Crippen molar-refractivity contribution in [1.82, 2.24) is 19.2 Å². The van der Waals surface area contributed by atoms with Gasteiger partial charge < -0.3 is 14.0 Å². The highest BCUT2D eigenvalue weighted by Crippen LogP contribution is 2.44. The van der Waals surface area contributed by atoms with Gasteiger partial charge in [-0.05, 0) is 69.6 Å². The number of rotatable bonds is 9. The second-order valence-electron chi connectivity index (χ2n) is 7.59. The largest absolute Gasteiger partial charge is 0.493 e. The van der Waals surface area contributed by atoms with Crippen molar-refractivity contribution in [3.8, 4) is 11.5 Å². The molecule has 0 radical (unpaired) electrons. The summed E-state index contributed by atoms with van der Waals surface area (Å²) < 4.78 is 16.2. The molecule has 0 saturated heterocycles. The maximum absolute atomic E-state index is 5.75. The van der Waals surface area contributed by atoms with E-state index < -0.39 is 0 Å². The van der Waals surface area contributed by atoms with Crippen molar-refractivity contribution in [3.63, 3.8) is 0 Å². The molecule has 1 aromatic heterocycles. The summed E-state index contributed by atoms with van der Waals surface area (Å²) in [6.07, 6.45) is 4.98. The predicted molar refractivity (Wildman–Crippen MR) is 107 cm³/mol. The van der Waals surface area contributed by atoms with Crippen molar-refractivity contribution in [1.29, 1.82) is 0 Å². The molecule has 0 N–H and O–H groups in total. The Morgan fingerprint density at radius 2 is 2.00 bits per heavy atom. The summed E-state index contributed by atoms with van der Waals surface area (Å²) in [6.45, 7) is 4.08. The van der Waals surface area contributed by atoms with Crippen LogP contribution in [0.25, 0.3) is 0 Å². The molecule has 0 atom stereocenters. The molecule has 1 heterocycles. The second-order valence-corrected chi connectivity index (χ2v) is 7.95. The van der Waals surface area contributed by atoms with Crippen LogP contribution in [0.3, 0.4) is 0 Å². The average molecular weight is 389 g/mol. The van der Waals surface area contributed by atoms with Crippen LogP contribution in [0.1, 0.15) is 56.0 Å². The Hall–Kier alpha value is -1.86. The number of hydrogen-bond donors (Lipinski definition) is 0. The van der Waals surface area contributed by atoms with Gasteiger partial charge in [0, 0.05) is 18.5 Å². The van der Waals surface area contributed by atoms with Gasteiger partial charge in [-0.25, -0.2) is 4.68 Å². The highest BCUT2D eigenvalue weighted by Gasteiger charge is 2.35. The minimum absolute atomic E-state index is 0.586. The zero-order valence-electron chi connectivity index (χ0n) is 16.4. The Labute approximate surface area is 165 Å². The summed E-state index contributed by atoms with van der Waals surface area (Å²) in [5.41, 5.74) is 1.17. The average Bonchev–Trinajstić information content (AvgIpc) is 3.56. The van der Waals surface area contributed by atoms with Gasteiger partial charge in [-0.15, -0.1) is 0 Å². The van der Waals surface area contributed by atoms with E-state index in [0.29, 0.717) is 25.2 Å². The fraction of sp³-hybridized carbons (Fsp3) is 0.600. The highest BCUT2D eigenvalue weighted by molar-refractivity contribution is 7.71. The first-order valence-corrected chi connectivity index (χ1v) is 10.2. The van der Waals surface area contributed by atoms with Gasteiger partial charge in [0.1, 0.15) is 5.82 Å². The molecular formula is C20H28N4O2S. The molecule has 2 aromatic rings.